The Kier molecular flexibility index (Phi) is 4.01. The van der Waals surface area contributed by atoms with Crippen LogP contribution in [0.2, 0.25) is 5.02 Å². The quantitative estimate of drug-likeness (QED) is 0.189. The highest BCUT2D eigenvalue weighted by Gasteiger charge is 2.19. The second-order valence-corrected chi connectivity index (χ2v) is 11.5. The minimum absolute atomic E-state index is 0.737. The zero-order valence-electron chi connectivity index (χ0n) is 21.8. The summed E-state index contributed by atoms with van der Waals surface area (Å²) in [5.41, 5.74) is 7.74. The van der Waals surface area contributed by atoms with Gasteiger partial charge in [-0.25, -0.2) is 0 Å². The van der Waals surface area contributed by atoms with Gasteiger partial charge in [-0.15, -0.1) is 0 Å². The van der Waals surface area contributed by atoms with E-state index in [9.17, 15) is 0 Å². The highest BCUT2D eigenvalue weighted by Crippen LogP contribution is 2.44. The summed E-state index contributed by atoms with van der Waals surface area (Å²) in [7, 11) is 0. The number of rotatable bonds is 1. The molecule has 0 amide bonds. The van der Waals surface area contributed by atoms with E-state index < -0.39 is 0 Å². The average Bonchev–Trinajstić information content (AvgIpc) is 3.51. The van der Waals surface area contributed by atoms with E-state index in [0.29, 0.717) is 0 Å². The van der Waals surface area contributed by atoms with Crippen LogP contribution < -0.4 is 0 Å². The van der Waals surface area contributed by atoms with E-state index in [1.165, 1.54) is 65.3 Å². The highest BCUT2D eigenvalue weighted by atomic mass is 35.5. The van der Waals surface area contributed by atoms with Crippen molar-refractivity contribution in [2.45, 2.75) is 0 Å². The molecule has 41 heavy (non-hydrogen) atoms. The second-order valence-electron chi connectivity index (χ2n) is 11.1. The van der Waals surface area contributed by atoms with Crippen LogP contribution in [0, 0.1) is 0 Å². The van der Waals surface area contributed by atoms with Crippen molar-refractivity contribution < 1.29 is 4.42 Å². The Morgan fingerprint density at radius 2 is 1.20 bits per heavy atom. The minimum Gasteiger partial charge on any atom is -0.456 e. The standard InChI is InChI=1S/C38H20ClNO/c39-25-13-15-26-28-6-3-4-21-8-9-22-10-14-29-30-18-23(11-16-32(30)40(33(26)20-25)38(29)37(22)36(21)28)24-12-17-35-31(19-24)27-5-1-2-7-34(27)41-35/h1-20H. The number of hydrogen-bond acceptors (Lipinski definition) is 1. The third-order valence-electron chi connectivity index (χ3n) is 8.95. The van der Waals surface area contributed by atoms with Crippen LogP contribution in [0.4, 0.5) is 0 Å². The van der Waals surface area contributed by atoms with Gasteiger partial charge in [-0.2, -0.15) is 0 Å². The number of fused-ring (bicyclic) bond motifs is 9. The fourth-order valence-corrected chi connectivity index (χ4v) is 7.34. The second kappa shape index (κ2) is 7.57. The van der Waals surface area contributed by atoms with Crippen LogP contribution in [0.15, 0.2) is 126 Å². The van der Waals surface area contributed by atoms with Gasteiger partial charge in [0, 0.05) is 37.3 Å². The van der Waals surface area contributed by atoms with Crippen molar-refractivity contribution in [1.82, 2.24) is 4.40 Å². The number of benzene rings is 7. The largest absolute Gasteiger partial charge is 0.456 e. The van der Waals surface area contributed by atoms with Crippen LogP contribution in [0.3, 0.4) is 0 Å². The van der Waals surface area contributed by atoms with Crippen LogP contribution in [-0.2, 0) is 0 Å². The first kappa shape index (κ1) is 21.7. The number of para-hydroxylation sites is 1. The molecule has 0 aliphatic heterocycles. The first-order valence-electron chi connectivity index (χ1n) is 13.9. The van der Waals surface area contributed by atoms with Crippen molar-refractivity contribution >= 4 is 93.2 Å². The van der Waals surface area contributed by atoms with Gasteiger partial charge < -0.3 is 8.82 Å². The molecule has 2 nitrogen and oxygen atoms in total. The summed E-state index contributed by atoms with van der Waals surface area (Å²) in [6.07, 6.45) is 0. The SMILES string of the molecule is Clc1ccc2c3cccc4ccc5ccc6c7cc(-c8ccc9oc%10ccccc%10c9c8)ccc7n(c2c1)c6c5c43. The number of furan rings is 1. The molecule has 3 heterocycles. The molecule has 0 saturated heterocycles. The van der Waals surface area contributed by atoms with E-state index >= 15 is 0 Å². The van der Waals surface area contributed by atoms with Gasteiger partial charge in [0.1, 0.15) is 11.2 Å². The Hall–Kier alpha value is -5.05. The summed E-state index contributed by atoms with van der Waals surface area (Å²) in [6, 6.07) is 43.6. The maximum atomic E-state index is 6.66. The molecule has 3 heteroatoms. The van der Waals surface area contributed by atoms with Gasteiger partial charge in [0.25, 0.3) is 0 Å². The third-order valence-corrected chi connectivity index (χ3v) is 9.19. The van der Waals surface area contributed by atoms with Crippen molar-refractivity contribution in [3.63, 3.8) is 0 Å². The van der Waals surface area contributed by atoms with E-state index in [1.54, 1.807) is 0 Å². The summed E-state index contributed by atoms with van der Waals surface area (Å²) >= 11 is 6.66. The first-order chi connectivity index (χ1) is 20.2. The molecular weight excluding hydrogens is 522 g/mol. The Morgan fingerprint density at radius 1 is 0.463 bits per heavy atom. The summed E-state index contributed by atoms with van der Waals surface area (Å²) < 4.78 is 8.53. The van der Waals surface area contributed by atoms with Crippen molar-refractivity contribution in [2.24, 2.45) is 0 Å². The van der Waals surface area contributed by atoms with Crippen LogP contribution in [0.1, 0.15) is 0 Å². The molecule has 7 aromatic carbocycles. The van der Waals surface area contributed by atoms with Crippen molar-refractivity contribution in [1.29, 1.82) is 0 Å². The molecule has 0 spiro atoms. The van der Waals surface area contributed by atoms with Crippen LogP contribution in [0.5, 0.6) is 0 Å². The predicted octanol–water partition coefficient (Wildman–Crippen LogP) is 11.4. The van der Waals surface area contributed by atoms with E-state index in [2.05, 4.69) is 108 Å². The maximum absolute atomic E-state index is 6.66. The van der Waals surface area contributed by atoms with Gasteiger partial charge in [-0.1, -0.05) is 90.5 Å². The monoisotopic (exact) mass is 541 g/mol. The van der Waals surface area contributed by atoms with Crippen LogP contribution >= 0.6 is 11.6 Å². The number of aromatic nitrogens is 1. The van der Waals surface area contributed by atoms with Gasteiger partial charge in [0.2, 0.25) is 0 Å². The lowest BCUT2D eigenvalue weighted by molar-refractivity contribution is 0.669. The van der Waals surface area contributed by atoms with E-state index in [-0.39, 0.29) is 0 Å². The topological polar surface area (TPSA) is 17.6 Å². The fraction of sp³-hybridized carbons (Fsp3) is 0. The van der Waals surface area contributed by atoms with Gasteiger partial charge >= 0.3 is 0 Å². The molecule has 0 fully saturated rings. The molecule has 10 rings (SSSR count). The molecule has 0 aliphatic carbocycles. The molecule has 0 bridgehead atoms. The smallest absolute Gasteiger partial charge is 0.135 e. The lowest BCUT2D eigenvalue weighted by Crippen LogP contribution is -1.86. The Morgan fingerprint density at radius 3 is 2.12 bits per heavy atom. The van der Waals surface area contributed by atoms with Gasteiger partial charge in [-0.05, 0) is 75.1 Å². The van der Waals surface area contributed by atoms with E-state index in [0.717, 1.165) is 32.5 Å². The number of hydrogen-bond donors (Lipinski definition) is 0. The van der Waals surface area contributed by atoms with E-state index in [1.807, 2.05) is 18.2 Å². The van der Waals surface area contributed by atoms with E-state index in [4.69, 9.17) is 16.0 Å². The Labute approximate surface area is 238 Å². The van der Waals surface area contributed by atoms with Gasteiger partial charge in [0.15, 0.2) is 0 Å². The highest BCUT2D eigenvalue weighted by molar-refractivity contribution is 6.34. The van der Waals surface area contributed by atoms with Crippen molar-refractivity contribution in [3.8, 4) is 11.1 Å². The molecule has 0 saturated carbocycles. The zero-order chi connectivity index (χ0) is 26.8. The predicted molar refractivity (Wildman–Crippen MR) is 174 cm³/mol. The van der Waals surface area contributed by atoms with Crippen molar-refractivity contribution in [2.75, 3.05) is 0 Å². The van der Waals surface area contributed by atoms with Crippen LogP contribution in [-0.4, -0.2) is 4.40 Å². The average molecular weight is 542 g/mol. The van der Waals surface area contributed by atoms with Crippen LogP contribution in [0.25, 0.3) is 92.7 Å². The lowest BCUT2D eigenvalue weighted by atomic mass is 9.95. The van der Waals surface area contributed by atoms with Gasteiger partial charge in [-0.3, -0.25) is 0 Å². The fourth-order valence-electron chi connectivity index (χ4n) is 7.17. The molecule has 3 aromatic heterocycles. The Balaban J connectivity index is 1.38. The number of nitrogens with zero attached hydrogens (tertiary/aromatic N) is 1. The molecule has 0 atom stereocenters. The first-order valence-corrected chi connectivity index (χ1v) is 14.3. The van der Waals surface area contributed by atoms with Gasteiger partial charge in [0.05, 0.1) is 16.6 Å². The summed E-state index contributed by atoms with van der Waals surface area (Å²) in [5, 5.41) is 13.1. The molecule has 0 aliphatic rings. The summed E-state index contributed by atoms with van der Waals surface area (Å²) in [6.45, 7) is 0. The number of halogens is 1. The minimum atomic E-state index is 0.737. The molecule has 10 aromatic rings. The molecular formula is C38H20ClNO. The van der Waals surface area contributed by atoms with Crippen molar-refractivity contribution in [3.05, 3.63) is 126 Å². The molecule has 0 unspecified atom stereocenters. The third kappa shape index (κ3) is 2.77. The molecule has 0 N–H and O–H groups in total. The molecule has 190 valence electrons. The summed E-state index contributed by atoms with van der Waals surface area (Å²) in [5.74, 6) is 0. The maximum Gasteiger partial charge on any atom is 0.135 e. The lowest BCUT2D eigenvalue weighted by Gasteiger charge is -2.07. The normalized spacial score (nSPS) is 12.5. The Bertz CT molecular complexity index is 2710. The summed E-state index contributed by atoms with van der Waals surface area (Å²) in [4.78, 5) is 0. The molecule has 0 radical (unpaired) electrons. The zero-order valence-corrected chi connectivity index (χ0v) is 22.5.